The lowest BCUT2D eigenvalue weighted by molar-refractivity contribution is -0.142. The van der Waals surface area contributed by atoms with Crippen molar-refractivity contribution >= 4 is 11.7 Å². The third kappa shape index (κ3) is 4.24. The summed E-state index contributed by atoms with van der Waals surface area (Å²) in [7, 11) is 0. The molecular formula is C28H35NO4. The zero-order valence-corrected chi connectivity index (χ0v) is 19.7. The highest BCUT2D eigenvalue weighted by molar-refractivity contribution is 6.13. The Balaban J connectivity index is 1.86. The fraction of sp³-hybridized carbons (Fsp3) is 0.500. The first-order valence-corrected chi connectivity index (χ1v) is 12.0. The van der Waals surface area contributed by atoms with Gasteiger partial charge in [-0.05, 0) is 61.3 Å². The van der Waals surface area contributed by atoms with Crippen molar-refractivity contribution in [3.63, 3.8) is 0 Å². The fourth-order valence-corrected chi connectivity index (χ4v) is 6.31. The van der Waals surface area contributed by atoms with E-state index in [0.29, 0.717) is 12.8 Å². The molecule has 3 aliphatic rings. The SMILES string of the molecule is CC1C/C=C/[C@H]2C=C(CO)[C@@H](C)[C@H]3[C@H](Cc4ccccc4)NC(=O)[C@@]32C(=O)/C=C/[C@@](C)(O)C1. The minimum absolute atomic E-state index is 0.0977. The summed E-state index contributed by atoms with van der Waals surface area (Å²) in [5.41, 5.74) is -0.462. The first-order valence-electron chi connectivity index (χ1n) is 12.0. The molecule has 1 aromatic carbocycles. The molecule has 1 spiro atoms. The maximum absolute atomic E-state index is 13.9. The van der Waals surface area contributed by atoms with E-state index in [1.54, 1.807) is 13.0 Å². The summed E-state index contributed by atoms with van der Waals surface area (Å²) < 4.78 is 0. The molecule has 0 aromatic heterocycles. The third-order valence-electron chi connectivity index (χ3n) is 7.82. The Morgan fingerprint density at radius 1 is 1.15 bits per heavy atom. The van der Waals surface area contributed by atoms with Gasteiger partial charge in [-0.25, -0.2) is 0 Å². The van der Waals surface area contributed by atoms with Gasteiger partial charge in [0, 0.05) is 17.9 Å². The normalized spacial score (nSPS) is 40.6. The number of hydrogen-bond donors (Lipinski definition) is 3. The molecule has 1 aromatic rings. The van der Waals surface area contributed by atoms with Crippen molar-refractivity contribution in [1.29, 1.82) is 0 Å². The molecule has 0 saturated carbocycles. The molecule has 3 N–H and O–H groups in total. The summed E-state index contributed by atoms with van der Waals surface area (Å²) in [6, 6.07) is 9.73. The van der Waals surface area contributed by atoms with Crippen LogP contribution in [-0.2, 0) is 16.0 Å². The molecule has 1 fully saturated rings. The van der Waals surface area contributed by atoms with Crippen LogP contribution in [-0.4, -0.2) is 40.2 Å². The Labute approximate surface area is 196 Å². The molecule has 5 nitrogen and oxygen atoms in total. The summed E-state index contributed by atoms with van der Waals surface area (Å²) in [5, 5.41) is 24.1. The van der Waals surface area contributed by atoms with E-state index < -0.39 is 16.9 Å². The molecule has 1 saturated heterocycles. The first-order chi connectivity index (χ1) is 15.7. The van der Waals surface area contributed by atoms with Gasteiger partial charge < -0.3 is 15.5 Å². The van der Waals surface area contributed by atoms with Crippen LogP contribution in [0, 0.1) is 29.1 Å². The summed E-state index contributed by atoms with van der Waals surface area (Å²) in [6.45, 7) is 5.69. The van der Waals surface area contributed by atoms with E-state index in [1.807, 2.05) is 55.5 Å². The van der Waals surface area contributed by atoms with Crippen molar-refractivity contribution in [3.8, 4) is 0 Å². The summed E-state index contributed by atoms with van der Waals surface area (Å²) in [4.78, 5) is 27.7. The van der Waals surface area contributed by atoms with Crippen molar-refractivity contribution in [3.05, 3.63) is 71.8 Å². The molecule has 1 unspecified atom stereocenters. The van der Waals surface area contributed by atoms with Crippen LogP contribution in [0.15, 0.2) is 66.3 Å². The van der Waals surface area contributed by atoms with Crippen molar-refractivity contribution in [2.24, 2.45) is 29.1 Å². The van der Waals surface area contributed by atoms with E-state index in [2.05, 4.69) is 12.2 Å². The minimum Gasteiger partial charge on any atom is -0.392 e. The van der Waals surface area contributed by atoms with Crippen LogP contribution in [0.25, 0.3) is 0 Å². The van der Waals surface area contributed by atoms with Crippen molar-refractivity contribution < 1.29 is 19.8 Å². The van der Waals surface area contributed by atoms with Gasteiger partial charge in [0.05, 0.1) is 12.2 Å². The van der Waals surface area contributed by atoms with E-state index in [1.165, 1.54) is 6.08 Å². The molecule has 5 heteroatoms. The number of ketones is 1. The van der Waals surface area contributed by atoms with E-state index in [9.17, 15) is 19.8 Å². The summed E-state index contributed by atoms with van der Waals surface area (Å²) in [5.74, 6) is -1.22. The van der Waals surface area contributed by atoms with Gasteiger partial charge in [-0.3, -0.25) is 9.59 Å². The number of carbonyl (C=O) groups excluding carboxylic acids is 2. The fourth-order valence-electron chi connectivity index (χ4n) is 6.31. The smallest absolute Gasteiger partial charge is 0.235 e. The van der Waals surface area contributed by atoms with Gasteiger partial charge in [-0.15, -0.1) is 0 Å². The molecule has 1 aliphatic heterocycles. The second kappa shape index (κ2) is 9.03. The van der Waals surface area contributed by atoms with E-state index in [0.717, 1.165) is 17.6 Å². The Bertz CT molecular complexity index is 992. The summed E-state index contributed by atoms with van der Waals surface area (Å²) >= 11 is 0. The maximum Gasteiger partial charge on any atom is 0.235 e. The number of carbonyl (C=O) groups is 2. The van der Waals surface area contributed by atoms with Gasteiger partial charge in [0.2, 0.25) is 5.91 Å². The number of rotatable bonds is 3. The number of nitrogens with one attached hydrogen (secondary N) is 1. The molecular weight excluding hydrogens is 414 g/mol. The number of aliphatic hydroxyl groups is 2. The van der Waals surface area contributed by atoms with Gasteiger partial charge in [-0.2, -0.15) is 0 Å². The van der Waals surface area contributed by atoms with E-state index in [-0.39, 0.29) is 42.1 Å². The van der Waals surface area contributed by atoms with Crippen molar-refractivity contribution in [2.45, 2.75) is 51.7 Å². The molecule has 33 heavy (non-hydrogen) atoms. The predicted molar refractivity (Wildman–Crippen MR) is 128 cm³/mol. The average molecular weight is 450 g/mol. The van der Waals surface area contributed by atoms with Crippen LogP contribution >= 0.6 is 0 Å². The zero-order valence-electron chi connectivity index (χ0n) is 19.7. The van der Waals surface area contributed by atoms with Crippen LogP contribution in [0.2, 0.25) is 0 Å². The number of aliphatic hydroxyl groups excluding tert-OH is 1. The standard InChI is InChI=1S/C28H35NO4/c1-18-8-7-11-22-15-21(17-30)19(2)25-23(14-20-9-5-4-6-10-20)29-26(32)28(22,25)24(31)12-13-27(3,33)16-18/h4-7,9-13,15,18-19,22-23,25,30,33H,8,14,16-17H2,1-3H3,(H,29,32)/b11-7+,13-12+/t18?,19-,22+,23+,25+,27-,28+/m1/s1. The maximum atomic E-state index is 13.9. The van der Waals surface area contributed by atoms with Gasteiger partial charge in [0.1, 0.15) is 5.41 Å². The van der Waals surface area contributed by atoms with Crippen LogP contribution in [0.3, 0.4) is 0 Å². The van der Waals surface area contributed by atoms with Crippen molar-refractivity contribution in [1.82, 2.24) is 5.32 Å². The van der Waals surface area contributed by atoms with E-state index >= 15 is 0 Å². The molecule has 0 bridgehead atoms. The van der Waals surface area contributed by atoms with E-state index in [4.69, 9.17) is 0 Å². The molecule has 1 amide bonds. The Kier molecular flexibility index (Phi) is 6.47. The highest BCUT2D eigenvalue weighted by Gasteiger charge is 2.65. The third-order valence-corrected chi connectivity index (χ3v) is 7.82. The molecule has 1 heterocycles. The number of amides is 1. The highest BCUT2D eigenvalue weighted by Crippen LogP contribution is 2.54. The second-order valence-electron chi connectivity index (χ2n) is 10.4. The first kappa shape index (κ1) is 23.7. The number of allylic oxidation sites excluding steroid dienone is 4. The van der Waals surface area contributed by atoms with Crippen LogP contribution in [0.5, 0.6) is 0 Å². The second-order valence-corrected chi connectivity index (χ2v) is 10.4. The predicted octanol–water partition coefficient (Wildman–Crippen LogP) is 3.38. The lowest BCUT2D eigenvalue weighted by atomic mass is 9.55. The van der Waals surface area contributed by atoms with Crippen LogP contribution < -0.4 is 5.32 Å². The Hall–Kier alpha value is -2.50. The summed E-state index contributed by atoms with van der Waals surface area (Å²) in [6.07, 6.45) is 10.8. The monoisotopic (exact) mass is 449 g/mol. The van der Waals surface area contributed by atoms with Gasteiger partial charge in [-0.1, -0.05) is 62.4 Å². The molecule has 4 rings (SSSR count). The quantitative estimate of drug-likeness (QED) is 0.488. The minimum atomic E-state index is -1.30. The average Bonchev–Trinajstić information content (AvgIpc) is 3.06. The lowest BCUT2D eigenvalue weighted by Gasteiger charge is -2.44. The zero-order chi connectivity index (χ0) is 23.8. The molecule has 7 atom stereocenters. The number of hydrogen-bond acceptors (Lipinski definition) is 4. The molecule has 176 valence electrons. The number of benzene rings is 1. The largest absolute Gasteiger partial charge is 0.392 e. The van der Waals surface area contributed by atoms with Crippen molar-refractivity contribution in [2.75, 3.05) is 6.61 Å². The Morgan fingerprint density at radius 3 is 2.58 bits per heavy atom. The van der Waals surface area contributed by atoms with Gasteiger partial charge >= 0.3 is 0 Å². The Morgan fingerprint density at radius 2 is 1.88 bits per heavy atom. The topological polar surface area (TPSA) is 86.6 Å². The molecule has 0 radical (unpaired) electrons. The van der Waals surface area contributed by atoms with Gasteiger partial charge in [0.25, 0.3) is 0 Å². The van der Waals surface area contributed by atoms with Gasteiger partial charge in [0.15, 0.2) is 5.78 Å². The van der Waals surface area contributed by atoms with Crippen LogP contribution in [0.4, 0.5) is 0 Å². The lowest BCUT2D eigenvalue weighted by Crippen LogP contribution is -2.52. The van der Waals surface area contributed by atoms with Crippen LogP contribution in [0.1, 0.15) is 39.2 Å². The molecule has 2 aliphatic carbocycles. The highest BCUT2D eigenvalue weighted by atomic mass is 16.3.